The van der Waals surface area contributed by atoms with Gasteiger partial charge in [-0.15, -0.1) is 11.3 Å². The molecular formula is C13H12ClNO4S. The van der Waals surface area contributed by atoms with E-state index in [2.05, 4.69) is 4.98 Å². The molecule has 0 amide bonds. The average Bonchev–Trinajstić information content (AvgIpc) is 2.82. The van der Waals surface area contributed by atoms with Crippen molar-refractivity contribution >= 4 is 28.9 Å². The van der Waals surface area contributed by atoms with Crippen LogP contribution in [0.2, 0.25) is 5.02 Å². The van der Waals surface area contributed by atoms with Crippen molar-refractivity contribution in [2.24, 2.45) is 0 Å². The second-order valence-corrected chi connectivity index (χ2v) is 5.41. The molecule has 106 valence electrons. The zero-order valence-corrected chi connectivity index (χ0v) is 12.4. The predicted molar refractivity (Wildman–Crippen MR) is 76.1 cm³/mol. The molecule has 0 aliphatic rings. The van der Waals surface area contributed by atoms with Gasteiger partial charge in [-0.25, -0.2) is 9.78 Å². The fourth-order valence-corrected chi connectivity index (χ4v) is 2.47. The predicted octanol–water partition coefficient (Wildman–Crippen LogP) is 3.39. The van der Waals surface area contributed by atoms with Crippen LogP contribution in [-0.2, 0) is 6.61 Å². The van der Waals surface area contributed by atoms with Gasteiger partial charge in [0.1, 0.15) is 6.61 Å². The number of carbonyl (C=O) groups is 1. The highest BCUT2D eigenvalue weighted by atomic mass is 35.5. The lowest BCUT2D eigenvalue weighted by Crippen LogP contribution is -2.02. The van der Waals surface area contributed by atoms with Crippen LogP contribution >= 0.6 is 22.9 Å². The Bertz CT molecular complexity index is 641. The first-order valence-corrected chi connectivity index (χ1v) is 6.91. The normalized spacial score (nSPS) is 10.3. The van der Waals surface area contributed by atoms with Crippen LogP contribution in [0.3, 0.4) is 0 Å². The maximum Gasteiger partial charge on any atom is 0.335 e. The summed E-state index contributed by atoms with van der Waals surface area (Å²) in [6.45, 7) is 2.15. The molecule has 0 saturated heterocycles. The third-order valence-electron chi connectivity index (χ3n) is 2.51. The summed E-state index contributed by atoms with van der Waals surface area (Å²) in [6, 6.07) is 2.70. The molecule has 0 fully saturated rings. The van der Waals surface area contributed by atoms with E-state index in [-0.39, 0.29) is 22.9 Å². The number of ether oxygens (including phenoxy) is 2. The highest BCUT2D eigenvalue weighted by molar-refractivity contribution is 7.09. The molecule has 2 aromatic rings. The number of hydrogen-bond acceptors (Lipinski definition) is 5. The van der Waals surface area contributed by atoms with E-state index >= 15 is 0 Å². The average molecular weight is 314 g/mol. The second kappa shape index (κ2) is 6.11. The van der Waals surface area contributed by atoms with Gasteiger partial charge in [0.25, 0.3) is 0 Å². The van der Waals surface area contributed by atoms with Crippen molar-refractivity contribution in [3.63, 3.8) is 0 Å². The Hall–Kier alpha value is -1.79. The Morgan fingerprint density at radius 2 is 2.25 bits per heavy atom. The summed E-state index contributed by atoms with van der Waals surface area (Å²) in [5, 5.41) is 12.0. The van der Waals surface area contributed by atoms with Gasteiger partial charge in [0.15, 0.2) is 11.5 Å². The maximum absolute atomic E-state index is 11.0. The molecule has 0 spiro atoms. The number of benzene rings is 1. The minimum atomic E-state index is -1.08. The molecule has 2 rings (SSSR count). The molecule has 1 aromatic heterocycles. The van der Waals surface area contributed by atoms with E-state index in [1.165, 1.54) is 30.6 Å². The lowest BCUT2D eigenvalue weighted by Gasteiger charge is -2.12. The van der Waals surface area contributed by atoms with Crippen molar-refractivity contribution < 1.29 is 19.4 Å². The molecular weight excluding hydrogens is 302 g/mol. The van der Waals surface area contributed by atoms with E-state index in [9.17, 15) is 4.79 Å². The molecule has 0 bridgehead atoms. The Labute approximate surface area is 124 Å². The topological polar surface area (TPSA) is 68.7 Å². The zero-order valence-electron chi connectivity index (χ0n) is 10.8. The molecule has 1 aromatic carbocycles. The van der Waals surface area contributed by atoms with E-state index in [0.29, 0.717) is 5.75 Å². The van der Waals surface area contributed by atoms with Crippen molar-refractivity contribution in [2.45, 2.75) is 13.5 Å². The second-order valence-electron chi connectivity index (χ2n) is 3.94. The smallest absolute Gasteiger partial charge is 0.335 e. The number of carboxylic acids is 1. The largest absolute Gasteiger partial charge is 0.493 e. The minimum absolute atomic E-state index is 0.0451. The van der Waals surface area contributed by atoms with E-state index in [4.69, 9.17) is 26.2 Å². The molecule has 0 radical (unpaired) electrons. The number of methoxy groups -OCH3 is 1. The monoisotopic (exact) mass is 313 g/mol. The number of thiazole rings is 1. The van der Waals surface area contributed by atoms with E-state index in [1.54, 1.807) is 0 Å². The number of aromatic carboxylic acids is 1. The highest BCUT2D eigenvalue weighted by Gasteiger charge is 2.15. The maximum atomic E-state index is 11.0. The quantitative estimate of drug-likeness (QED) is 0.916. The van der Waals surface area contributed by atoms with Crippen LogP contribution < -0.4 is 9.47 Å². The van der Waals surface area contributed by atoms with Crippen LogP contribution in [0.15, 0.2) is 17.5 Å². The molecule has 0 unspecified atom stereocenters. The fraction of sp³-hybridized carbons (Fsp3) is 0.231. The van der Waals surface area contributed by atoms with E-state index < -0.39 is 5.97 Å². The Balaban J connectivity index is 2.24. The van der Waals surface area contributed by atoms with Gasteiger partial charge in [0.2, 0.25) is 0 Å². The number of halogens is 1. The first-order valence-electron chi connectivity index (χ1n) is 5.66. The Morgan fingerprint density at radius 3 is 2.80 bits per heavy atom. The summed E-state index contributed by atoms with van der Waals surface area (Å²) in [6.07, 6.45) is 0. The molecule has 5 nitrogen and oxygen atoms in total. The van der Waals surface area contributed by atoms with Gasteiger partial charge in [-0.1, -0.05) is 11.6 Å². The van der Waals surface area contributed by atoms with Crippen molar-refractivity contribution in [1.29, 1.82) is 0 Å². The first kappa shape index (κ1) is 14.6. The summed E-state index contributed by atoms with van der Waals surface area (Å²) in [5.41, 5.74) is 0.830. The van der Waals surface area contributed by atoms with Gasteiger partial charge in [-0.2, -0.15) is 0 Å². The van der Waals surface area contributed by atoms with Gasteiger partial charge >= 0.3 is 5.97 Å². The van der Waals surface area contributed by atoms with Crippen LogP contribution in [0.1, 0.15) is 21.1 Å². The lowest BCUT2D eigenvalue weighted by molar-refractivity contribution is 0.0696. The lowest BCUT2D eigenvalue weighted by atomic mass is 10.2. The van der Waals surface area contributed by atoms with Crippen LogP contribution in [0, 0.1) is 6.92 Å². The molecule has 20 heavy (non-hydrogen) atoms. The molecule has 0 aliphatic heterocycles. The first-order chi connectivity index (χ1) is 9.51. The van der Waals surface area contributed by atoms with Crippen molar-refractivity contribution in [3.8, 4) is 11.5 Å². The van der Waals surface area contributed by atoms with Crippen molar-refractivity contribution in [2.75, 3.05) is 7.11 Å². The number of hydrogen-bond donors (Lipinski definition) is 1. The number of nitrogens with zero attached hydrogens (tertiary/aromatic N) is 1. The summed E-state index contributed by atoms with van der Waals surface area (Å²) < 4.78 is 10.7. The zero-order chi connectivity index (χ0) is 14.7. The SMILES string of the molecule is COc1cc(C(=O)O)cc(Cl)c1OCc1csc(C)n1. The molecule has 1 heterocycles. The van der Waals surface area contributed by atoms with E-state index in [1.807, 2.05) is 12.3 Å². The molecule has 0 saturated carbocycles. The highest BCUT2D eigenvalue weighted by Crippen LogP contribution is 2.37. The molecule has 1 N–H and O–H groups in total. The summed E-state index contributed by atoms with van der Waals surface area (Å²) >= 11 is 7.57. The Morgan fingerprint density at radius 1 is 1.50 bits per heavy atom. The number of aryl methyl sites for hydroxylation is 1. The van der Waals surface area contributed by atoms with Gasteiger partial charge in [0.05, 0.1) is 28.4 Å². The van der Waals surface area contributed by atoms with Gasteiger partial charge in [0, 0.05) is 5.38 Å². The van der Waals surface area contributed by atoms with Crippen molar-refractivity contribution in [3.05, 3.63) is 38.8 Å². The van der Waals surface area contributed by atoms with Crippen LogP contribution in [0.25, 0.3) is 0 Å². The standard InChI is InChI=1S/C13H12ClNO4S/c1-7-15-9(6-20-7)5-19-12-10(14)3-8(13(16)17)4-11(12)18-2/h3-4,6H,5H2,1-2H3,(H,16,17). The van der Waals surface area contributed by atoms with Gasteiger partial charge < -0.3 is 14.6 Å². The van der Waals surface area contributed by atoms with E-state index in [0.717, 1.165) is 10.7 Å². The minimum Gasteiger partial charge on any atom is -0.493 e. The summed E-state index contributed by atoms with van der Waals surface area (Å²) in [4.78, 5) is 15.2. The van der Waals surface area contributed by atoms with Crippen molar-refractivity contribution in [1.82, 2.24) is 4.98 Å². The molecule has 0 atom stereocenters. The molecule has 7 heteroatoms. The Kier molecular flexibility index (Phi) is 4.46. The van der Waals surface area contributed by atoms with Crippen LogP contribution in [0.5, 0.6) is 11.5 Å². The fourth-order valence-electron chi connectivity index (χ4n) is 1.60. The number of aromatic nitrogens is 1. The van der Waals surface area contributed by atoms with Crippen LogP contribution in [-0.4, -0.2) is 23.2 Å². The van der Waals surface area contributed by atoms with Gasteiger partial charge in [-0.3, -0.25) is 0 Å². The van der Waals surface area contributed by atoms with Gasteiger partial charge in [-0.05, 0) is 19.1 Å². The summed E-state index contributed by atoms with van der Waals surface area (Å²) in [7, 11) is 1.43. The molecule has 0 aliphatic carbocycles. The third-order valence-corrected chi connectivity index (χ3v) is 3.61. The number of carboxylic acid groups (broad SMARTS) is 1. The summed E-state index contributed by atoms with van der Waals surface area (Å²) in [5.74, 6) is -0.487. The number of rotatable bonds is 5. The third kappa shape index (κ3) is 3.20. The van der Waals surface area contributed by atoms with Crippen LogP contribution in [0.4, 0.5) is 0 Å².